The summed E-state index contributed by atoms with van der Waals surface area (Å²) in [6, 6.07) is 4.40. The normalized spacial score (nSPS) is 16.3. The van der Waals surface area contributed by atoms with Crippen LogP contribution in [0.25, 0.3) is 17.1 Å². The summed E-state index contributed by atoms with van der Waals surface area (Å²) in [6.07, 6.45) is 8.22. The second-order valence-corrected chi connectivity index (χ2v) is 7.05. The van der Waals surface area contributed by atoms with Gasteiger partial charge in [-0.15, -0.1) is 0 Å². The first-order valence-electron chi connectivity index (χ1n) is 9.33. The summed E-state index contributed by atoms with van der Waals surface area (Å²) in [6.45, 7) is 12.4. The molecule has 3 rings (SSSR count). The lowest BCUT2D eigenvalue weighted by molar-refractivity contribution is 0.710. The summed E-state index contributed by atoms with van der Waals surface area (Å²) in [4.78, 5) is 8.03. The topological polar surface area (TPSA) is 40.7 Å². The molecule has 0 bridgehead atoms. The number of hydrogen-bond acceptors (Lipinski definition) is 2. The van der Waals surface area contributed by atoms with E-state index in [-0.39, 0.29) is 5.92 Å². The van der Waals surface area contributed by atoms with Crippen molar-refractivity contribution in [2.45, 2.75) is 40.5 Å². The highest BCUT2D eigenvalue weighted by Crippen LogP contribution is 2.27. The van der Waals surface area contributed by atoms with Gasteiger partial charge in [0.05, 0.1) is 16.7 Å². The van der Waals surface area contributed by atoms with Crippen molar-refractivity contribution in [3.05, 3.63) is 59.2 Å². The van der Waals surface area contributed by atoms with Crippen molar-refractivity contribution in [2.24, 2.45) is 11.8 Å². The Balaban J connectivity index is 1.77. The van der Waals surface area contributed by atoms with E-state index in [0.717, 1.165) is 41.1 Å². The van der Waals surface area contributed by atoms with Gasteiger partial charge < -0.3 is 10.3 Å². The molecule has 0 saturated heterocycles. The molecule has 1 unspecified atom stereocenters. The van der Waals surface area contributed by atoms with E-state index in [2.05, 4.69) is 78.8 Å². The van der Waals surface area contributed by atoms with E-state index in [1.54, 1.807) is 0 Å². The van der Waals surface area contributed by atoms with Crippen LogP contribution in [0.15, 0.2) is 42.3 Å². The lowest BCUT2D eigenvalue weighted by Crippen LogP contribution is -2.15. The Morgan fingerprint density at radius 1 is 1.46 bits per heavy atom. The molecule has 0 fully saturated rings. The van der Waals surface area contributed by atoms with Crippen molar-refractivity contribution in [2.75, 3.05) is 0 Å². The van der Waals surface area contributed by atoms with Crippen LogP contribution in [0.1, 0.15) is 44.6 Å². The second-order valence-electron chi connectivity index (χ2n) is 7.05. The Morgan fingerprint density at radius 3 is 2.96 bits per heavy atom. The van der Waals surface area contributed by atoms with Crippen molar-refractivity contribution in [3.63, 3.8) is 0 Å². The zero-order chi connectivity index (χ0) is 18.7. The molecular formula is C23H27N3. The van der Waals surface area contributed by atoms with E-state index >= 15 is 0 Å². The Morgan fingerprint density at radius 2 is 2.27 bits per heavy atom. The number of rotatable bonds is 4. The minimum atomic E-state index is 0.220. The Kier molecular flexibility index (Phi) is 5.32. The highest BCUT2D eigenvalue weighted by Gasteiger charge is 2.14. The molecule has 1 heterocycles. The lowest BCUT2D eigenvalue weighted by Gasteiger charge is -2.15. The number of H-pyrrole nitrogens is 1. The van der Waals surface area contributed by atoms with Crippen molar-refractivity contribution in [3.8, 4) is 11.8 Å². The molecule has 3 nitrogen and oxygen atoms in total. The molecule has 0 spiro atoms. The van der Waals surface area contributed by atoms with Crippen LogP contribution in [-0.2, 0) is 12.8 Å². The Labute approximate surface area is 156 Å². The summed E-state index contributed by atoms with van der Waals surface area (Å²) in [5.74, 6) is 8.31. The number of nitrogens with zero attached hydrogens (tertiary/aromatic N) is 1. The van der Waals surface area contributed by atoms with Crippen LogP contribution in [-0.4, -0.2) is 9.97 Å². The van der Waals surface area contributed by atoms with Crippen LogP contribution in [0, 0.1) is 23.7 Å². The van der Waals surface area contributed by atoms with Crippen molar-refractivity contribution >= 4 is 17.1 Å². The molecular weight excluding hydrogens is 318 g/mol. The molecule has 1 aromatic heterocycles. The first-order chi connectivity index (χ1) is 12.5. The first kappa shape index (κ1) is 18.1. The van der Waals surface area contributed by atoms with Crippen LogP contribution in [0.4, 0.5) is 0 Å². The molecule has 0 radical (unpaired) electrons. The molecule has 0 saturated carbocycles. The maximum atomic E-state index is 4.63. The molecule has 1 aromatic carbocycles. The van der Waals surface area contributed by atoms with Gasteiger partial charge in [0.25, 0.3) is 0 Å². The van der Waals surface area contributed by atoms with Gasteiger partial charge in [-0.05, 0) is 48.4 Å². The fraction of sp³-hybridized carbons (Fsp3) is 0.348. The fourth-order valence-electron chi connectivity index (χ4n) is 2.96. The smallest absolute Gasteiger partial charge is 0.106 e. The standard InChI is InChI=1S/C23H27N3/c1-6-20(24-16(5)15(3)4)11-9-17-8-10-18-13-21-22(14-19(18)12-17)26-23(7-2)25-21/h6,8,10,13-15,17,24H,5,7,12H2,1-4H3,(H,25,26)/b20-6-. The van der Waals surface area contributed by atoms with E-state index in [9.17, 15) is 0 Å². The number of aromatic nitrogens is 2. The first-order valence-corrected chi connectivity index (χ1v) is 9.33. The molecule has 2 N–H and O–H groups in total. The van der Waals surface area contributed by atoms with Crippen LogP contribution in [0.2, 0.25) is 0 Å². The lowest BCUT2D eigenvalue weighted by atomic mass is 9.89. The number of hydrogen-bond donors (Lipinski definition) is 2. The van der Waals surface area contributed by atoms with E-state index in [1.165, 1.54) is 11.1 Å². The minimum Gasteiger partial charge on any atom is -0.353 e. The van der Waals surface area contributed by atoms with Crippen LogP contribution in [0.5, 0.6) is 0 Å². The van der Waals surface area contributed by atoms with E-state index in [1.807, 2.05) is 13.0 Å². The van der Waals surface area contributed by atoms with Gasteiger partial charge >= 0.3 is 0 Å². The second kappa shape index (κ2) is 7.66. The molecule has 1 aliphatic carbocycles. The van der Waals surface area contributed by atoms with Gasteiger partial charge in [-0.1, -0.05) is 51.5 Å². The van der Waals surface area contributed by atoms with Crippen LogP contribution >= 0.6 is 0 Å². The van der Waals surface area contributed by atoms with Gasteiger partial charge in [-0.3, -0.25) is 0 Å². The molecule has 2 aromatic rings. The quantitative estimate of drug-likeness (QED) is 0.768. The number of benzene rings is 1. The molecule has 3 heteroatoms. The van der Waals surface area contributed by atoms with Gasteiger partial charge in [0.2, 0.25) is 0 Å². The molecule has 1 aliphatic rings. The van der Waals surface area contributed by atoms with E-state index in [0.29, 0.717) is 5.92 Å². The van der Waals surface area contributed by atoms with Gasteiger partial charge in [-0.25, -0.2) is 4.98 Å². The van der Waals surface area contributed by atoms with Gasteiger partial charge in [0, 0.05) is 18.0 Å². The average molecular weight is 345 g/mol. The maximum Gasteiger partial charge on any atom is 0.106 e. The third-order valence-electron chi connectivity index (χ3n) is 4.75. The Hall–Kier alpha value is -2.73. The third-order valence-corrected chi connectivity index (χ3v) is 4.75. The Bertz CT molecular complexity index is 945. The zero-order valence-corrected chi connectivity index (χ0v) is 16.1. The van der Waals surface area contributed by atoms with Crippen LogP contribution in [0.3, 0.4) is 0 Å². The molecule has 0 aliphatic heterocycles. The number of fused-ring (bicyclic) bond motifs is 2. The summed E-state index contributed by atoms with van der Waals surface area (Å²) in [5, 5.41) is 3.31. The van der Waals surface area contributed by atoms with Gasteiger partial charge in [-0.2, -0.15) is 0 Å². The summed E-state index contributed by atoms with van der Waals surface area (Å²) >= 11 is 0. The predicted molar refractivity (Wildman–Crippen MR) is 110 cm³/mol. The highest BCUT2D eigenvalue weighted by molar-refractivity contribution is 5.80. The third kappa shape index (κ3) is 3.91. The minimum absolute atomic E-state index is 0.220. The SMILES string of the molecule is C=C(N/C(C#CC1C=Cc2cc3nc(CC)[nH]c3cc2C1)=C\C)C(C)C. The summed E-state index contributed by atoms with van der Waals surface area (Å²) < 4.78 is 0. The summed E-state index contributed by atoms with van der Waals surface area (Å²) in [5.41, 5.74) is 6.65. The monoisotopic (exact) mass is 345 g/mol. The fourth-order valence-corrected chi connectivity index (χ4v) is 2.96. The number of allylic oxidation sites excluding steroid dienone is 4. The highest BCUT2D eigenvalue weighted by atomic mass is 14.9. The van der Waals surface area contributed by atoms with Gasteiger partial charge in [0.1, 0.15) is 5.82 Å². The molecule has 26 heavy (non-hydrogen) atoms. The van der Waals surface area contributed by atoms with E-state index in [4.69, 9.17) is 0 Å². The number of aromatic amines is 1. The largest absolute Gasteiger partial charge is 0.353 e. The molecule has 0 amide bonds. The average Bonchev–Trinajstić information content (AvgIpc) is 3.04. The number of nitrogens with one attached hydrogen (secondary N) is 2. The van der Waals surface area contributed by atoms with Crippen molar-refractivity contribution in [1.82, 2.24) is 15.3 Å². The maximum absolute atomic E-state index is 4.63. The van der Waals surface area contributed by atoms with Crippen molar-refractivity contribution < 1.29 is 0 Å². The predicted octanol–water partition coefficient (Wildman–Crippen LogP) is 4.98. The van der Waals surface area contributed by atoms with Crippen LogP contribution < -0.4 is 5.32 Å². The molecule has 1 atom stereocenters. The van der Waals surface area contributed by atoms with E-state index < -0.39 is 0 Å². The molecule has 134 valence electrons. The summed E-state index contributed by atoms with van der Waals surface area (Å²) in [7, 11) is 0. The van der Waals surface area contributed by atoms with Crippen molar-refractivity contribution in [1.29, 1.82) is 0 Å². The number of imidazole rings is 1. The zero-order valence-electron chi connectivity index (χ0n) is 16.1. The number of aryl methyl sites for hydroxylation is 1. The van der Waals surface area contributed by atoms with Gasteiger partial charge in [0.15, 0.2) is 0 Å².